The molecule has 21 heavy (non-hydrogen) atoms. The maximum atomic E-state index is 13.6. The van der Waals surface area contributed by atoms with Crippen molar-refractivity contribution in [3.63, 3.8) is 0 Å². The molecule has 118 valence electrons. The molecule has 1 aromatic rings. The Bertz CT molecular complexity index is 483. The molecule has 0 aliphatic heterocycles. The summed E-state index contributed by atoms with van der Waals surface area (Å²) in [5.74, 6) is -0.405. The molecule has 0 heterocycles. The second-order valence-electron chi connectivity index (χ2n) is 6.96. The molecular formula is C17H27FN2O. The van der Waals surface area contributed by atoms with E-state index in [1.807, 2.05) is 0 Å². The number of halogens is 1. The van der Waals surface area contributed by atoms with Crippen LogP contribution in [0.5, 0.6) is 0 Å². The summed E-state index contributed by atoms with van der Waals surface area (Å²) in [6.45, 7) is 10.5. The highest BCUT2D eigenvalue weighted by atomic mass is 19.1. The third-order valence-electron chi connectivity index (χ3n) is 3.48. The van der Waals surface area contributed by atoms with E-state index in [4.69, 9.17) is 5.73 Å². The molecule has 0 aromatic heterocycles. The Kier molecular flexibility index (Phi) is 5.90. The SMILES string of the molecule is Cc1cc(CNC(=O)C(CN)CC(C)(C)C)cc(C)c1F. The molecule has 1 rings (SSSR count). The number of aryl methyl sites for hydroxylation is 2. The summed E-state index contributed by atoms with van der Waals surface area (Å²) in [7, 11) is 0. The van der Waals surface area contributed by atoms with Gasteiger partial charge in [-0.1, -0.05) is 32.9 Å². The van der Waals surface area contributed by atoms with Crippen LogP contribution in [0.15, 0.2) is 12.1 Å². The second-order valence-corrected chi connectivity index (χ2v) is 6.96. The first kappa shape index (κ1) is 17.6. The summed E-state index contributed by atoms with van der Waals surface area (Å²) in [6, 6.07) is 3.54. The van der Waals surface area contributed by atoms with Crippen LogP contribution in [-0.4, -0.2) is 12.5 Å². The monoisotopic (exact) mass is 294 g/mol. The van der Waals surface area contributed by atoms with Crippen molar-refractivity contribution >= 4 is 5.91 Å². The van der Waals surface area contributed by atoms with Crippen LogP contribution < -0.4 is 11.1 Å². The van der Waals surface area contributed by atoms with E-state index < -0.39 is 0 Å². The number of carbonyl (C=O) groups excluding carboxylic acids is 1. The van der Waals surface area contributed by atoms with Gasteiger partial charge in [-0.2, -0.15) is 0 Å². The van der Waals surface area contributed by atoms with Crippen LogP contribution in [0.3, 0.4) is 0 Å². The minimum Gasteiger partial charge on any atom is -0.352 e. The maximum absolute atomic E-state index is 13.6. The maximum Gasteiger partial charge on any atom is 0.224 e. The van der Waals surface area contributed by atoms with Gasteiger partial charge in [0.1, 0.15) is 5.82 Å². The molecule has 1 amide bonds. The smallest absolute Gasteiger partial charge is 0.224 e. The first-order valence-electron chi connectivity index (χ1n) is 7.37. The lowest BCUT2D eigenvalue weighted by atomic mass is 9.84. The topological polar surface area (TPSA) is 55.1 Å². The molecule has 1 aromatic carbocycles. The fraction of sp³-hybridized carbons (Fsp3) is 0.588. The van der Waals surface area contributed by atoms with Crippen LogP contribution in [-0.2, 0) is 11.3 Å². The van der Waals surface area contributed by atoms with Crippen molar-refractivity contribution in [3.8, 4) is 0 Å². The number of rotatable bonds is 5. The number of carbonyl (C=O) groups is 1. The summed E-state index contributed by atoms with van der Waals surface area (Å²) < 4.78 is 13.6. The Labute approximate surface area is 127 Å². The Hall–Kier alpha value is -1.42. The van der Waals surface area contributed by atoms with E-state index in [2.05, 4.69) is 26.1 Å². The standard InChI is InChI=1S/C17H27FN2O/c1-11-6-13(7-12(2)15(11)18)10-20-16(21)14(9-19)8-17(3,4)5/h6-7,14H,8-10,19H2,1-5H3,(H,20,21). The normalized spacial score (nSPS) is 13.1. The molecule has 3 N–H and O–H groups in total. The molecular weight excluding hydrogens is 267 g/mol. The molecule has 1 atom stereocenters. The van der Waals surface area contributed by atoms with Crippen molar-refractivity contribution in [1.29, 1.82) is 0 Å². The molecule has 1 unspecified atom stereocenters. The predicted molar refractivity (Wildman–Crippen MR) is 84.3 cm³/mol. The lowest BCUT2D eigenvalue weighted by Crippen LogP contribution is -2.36. The first-order chi connectivity index (χ1) is 9.64. The van der Waals surface area contributed by atoms with E-state index in [0.29, 0.717) is 24.2 Å². The van der Waals surface area contributed by atoms with Crippen molar-refractivity contribution in [2.45, 2.75) is 47.6 Å². The highest BCUT2D eigenvalue weighted by molar-refractivity contribution is 5.78. The van der Waals surface area contributed by atoms with E-state index in [1.165, 1.54) is 0 Å². The van der Waals surface area contributed by atoms with Crippen molar-refractivity contribution in [2.24, 2.45) is 17.1 Å². The van der Waals surface area contributed by atoms with Gasteiger partial charge in [-0.15, -0.1) is 0 Å². The van der Waals surface area contributed by atoms with Gasteiger partial charge in [0.25, 0.3) is 0 Å². The second kappa shape index (κ2) is 7.03. The molecule has 0 saturated heterocycles. The van der Waals surface area contributed by atoms with Crippen LogP contribution in [0.2, 0.25) is 0 Å². The van der Waals surface area contributed by atoms with Gasteiger partial charge < -0.3 is 11.1 Å². The zero-order chi connectivity index (χ0) is 16.2. The van der Waals surface area contributed by atoms with Gasteiger partial charge in [0.05, 0.1) is 5.92 Å². The summed E-state index contributed by atoms with van der Waals surface area (Å²) in [4.78, 5) is 12.2. The molecule has 4 heteroatoms. The summed E-state index contributed by atoms with van der Waals surface area (Å²) in [5, 5.41) is 2.91. The van der Waals surface area contributed by atoms with Crippen molar-refractivity contribution in [3.05, 3.63) is 34.6 Å². The number of hydrogen-bond acceptors (Lipinski definition) is 2. The lowest BCUT2D eigenvalue weighted by molar-refractivity contribution is -0.125. The Morgan fingerprint density at radius 2 is 1.81 bits per heavy atom. The summed E-state index contributed by atoms with van der Waals surface area (Å²) >= 11 is 0. The van der Waals surface area contributed by atoms with Gasteiger partial charge in [-0.25, -0.2) is 4.39 Å². The summed E-state index contributed by atoms with van der Waals surface area (Å²) in [5.41, 5.74) is 7.88. The Morgan fingerprint density at radius 3 is 2.24 bits per heavy atom. The van der Waals surface area contributed by atoms with E-state index >= 15 is 0 Å². The van der Waals surface area contributed by atoms with Crippen LogP contribution in [0.25, 0.3) is 0 Å². The van der Waals surface area contributed by atoms with Crippen molar-refractivity contribution in [1.82, 2.24) is 5.32 Å². The minimum absolute atomic E-state index is 0.0351. The number of amides is 1. The molecule has 0 bridgehead atoms. The quantitative estimate of drug-likeness (QED) is 0.877. The zero-order valence-electron chi connectivity index (χ0n) is 13.7. The fourth-order valence-corrected chi connectivity index (χ4v) is 2.49. The molecule has 0 aliphatic rings. The number of nitrogens with two attached hydrogens (primary N) is 1. The highest BCUT2D eigenvalue weighted by Gasteiger charge is 2.23. The molecule has 0 spiro atoms. The van der Waals surface area contributed by atoms with E-state index in [0.717, 1.165) is 12.0 Å². The van der Waals surface area contributed by atoms with Gasteiger partial charge >= 0.3 is 0 Å². The molecule has 0 fully saturated rings. The van der Waals surface area contributed by atoms with E-state index in [-0.39, 0.29) is 23.1 Å². The van der Waals surface area contributed by atoms with Crippen molar-refractivity contribution < 1.29 is 9.18 Å². The van der Waals surface area contributed by atoms with Crippen LogP contribution in [0, 0.1) is 31.0 Å². The highest BCUT2D eigenvalue weighted by Crippen LogP contribution is 2.24. The van der Waals surface area contributed by atoms with Crippen molar-refractivity contribution in [2.75, 3.05) is 6.54 Å². The predicted octanol–water partition coefficient (Wildman–Crippen LogP) is 3.07. The lowest BCUT2D eigenvalue weighted by Gasteiger charge is -2.24. The van der Waals surface area contributed by atoms with Gasteiger partial charge in [0.15, 0.2) is 0 Å². The Morgan fingerprint density at radius 1 is 1.29 bits per heavy atom. The third-order valence-corrected chi connectivity index (χ3v) is 3.48. The van der Waals surface area contributed by atoms with Crippen LogP contribution >= 0.6 is 0 Å². The average Bonchev–Trinajstić information content (AvgIpc) is 2.38. The van der Waals surface area contributed by atoms with Gasteiger partial charge in [0, 0.05) is 13.1 Å². The molecule has 3 nitrogen and oxygen atoms in total. The van der Waals surface area contributed by atoms with Gasteiger partial charge in [0.2, 0.25) is 5.91 Å². The zero-order valence-corrected chi connectivity index (χ0v) is 13.7. The van der Waals surface area contributed by atoms with Gasteiger partial charge in [-0.05, 0) is 42.4 Å². The van der Waals surface area contributed by atoms with Crippen LogP contribution in [0.1, 0.15) is 43.9 Å². The third kappa shape index (κ3) is 5.46. The number of nitrogens with one attached hydrogen (secondary N) is 1. The average molecular weight is 294 g/mol. The minimum atomic E-state index is -0.187. The summed E-state index contributed by atoms with van der Waals surface area (Å²) in [6.07, 6.45) is 0.747. The fourth-order valence-electron chi connectivity index (χ4n) is 2.49. The largest absolute Gasteiger partial charge is 0.352 e. The van der Waals surface area contributed by atoms with E-state index in [1.54, 1.807) is 26.0 Å². The number of benzene rings is 1. The van der Waals surface area contributed by atoms with Crippen LogP contribution in [0.4, 0.5) is 4.39 Å². The first-order valence-corrected chi connectivity index (χ1v) is 7.37. The van der Waals surface area contributed by atoms with E-state index in [9.17, 15) is 9.18 Å². The molecule has 0 radical (unpaired) electrons. The Balaban J connectivity index is 2.67. The number of hydrogen-bond donors (Lipinski definition) is 2. The van der Waals surface area contributed by atoms with Gasteiger partial charge in [-0.3, -0.25) is 4.79 Å². The molecule has 0 saturated carbocycles. The molecule has 0 aliphatic carbocycles.